The van der Waals surface area contributed by atoms with Crippen molar-refractivity contribution in [3.63, 3.8) is 0 Å². The van der Waals surface area contributed by atoms with Gasteiger partial charge in [-0.3, -0.25) is 0 Å². The first-order valence-electron chi connectivity index (χ1n) is 21.2. The number of nitrogens with one attached hydrogen (secondary N) is 1. The molecule has 0 amide bonds. The number of rotatable bonds is 40. The van der Waals surface area contributed by atoms with Gasteiger partial charge < -0.3 is 71.6 Å². The molecule has 0 bridgehead atoms. The number of hydrogen-bond acceptors (Lipinski definition) is 16. The minimum Gasteiger partial charge on any atom is -0.460 e. The van der Waals surface area contributed by atoms with E-state index in [9.17, 15) is 18.0 Å². The van der Waals surface area contributed by atoms with Crippen LogP contribution in [-0.2, 0) is 72.5 Å². The van der Waals surface area contributed by atoms with Crippen LogP contribution in [0.25, 0.3) is 0 Å². The predicted molar refractivity (Wildman–Crippen MR) is 220 cm³/mol. The fourth-order valence-electron chi connectivity index (χ4n) is 5.35. The molecule has 62 heavy (non-hydrogen) atoms. The molecule has 354 valence electrons. The third-order valence-electron chi connectivity index (χ3n) is 8.47. The van der Waals surface area contributed by atoms with Crippen molar-refractivity contribution in [1.29, 1.82) is 0 Å². The van der Waals surface area contributed by atoms with Crippen molar-refractivity contribution < 1.29 is 84.3 Å². The molecule has 2 aromatic rings. The minimum absolute atomic E-state index is 0.00506. The molecule has 0 aliphatic carbocycles. The third-order valence-corrected chi connectivity index (χ3v) is 8.47. The second-order valence-corrected chi connectivity index (χ2v) is 13.3. The Bertz CT molecular complexity index is 1370. The van der Waals surface area contributed by atoms with Gasteiger partial charge in [0.1, 0.15) is 6.61 Å². The lowest BCUT2D eigenvalue weighted by molar-refractivity contribution is -0.169. The fraction of sp³-hybridized carbons (Fsp3) is 0.698. The highest BCUT2D eigenvalue weighted by molar-refractivity contribution is 5.96. The van der Waals surface area contributed by atoms with Crippen molar-refractivity contribution in [2.75, 3.05) is 170 Å². The van der Waals surface area contributed by atoms with E-state index in [0.717, 1.165) is 38.0 Å². The molecule has 0 saturated carbocycles. The zero-order chi connectivity index (χ0) is 44.0. The van der Waals surface area contributed by atoms with Crippen molar-refractivity contribution in [2.24, 2.45) is 0 Å². The van der Waals surface area contributed by atoms with Crippen LogP contribution in [0.3, 0.4) is 0 Å². The number of para-hydroxylation sites is 1. The molecule has 1 saturated heterocycles. The Morgan fingerprint density at radius 3 is 1.37 bits per heavy atom. The Hall–Kier alpha value is -3.02. The van der Waals surface area contributed by atoms with Gasteiger partial charge in [-0.25, -0.2) is 4.79 Å². The summed E-state index contributed by atoms with van der Waals surface area (Å²) in [6, 6.07) is 11.1. The standard InChI is InChI=1S/C43H66F3NO15/c44-43(45,46)37-6-5-7-38(36-37)47-40-9-2-1-8-39(40)42(48)62-35-33-59-31-29-57-27-25-55-23-21-53-19-17-51-15-13-49-12-14-50-16-18-52-20-22-54-24-26-56-28-30-58-32-34-61-41-10-3-4-11-60-41/h1-2,5-9,36,41,47H,3-4,10-35H2. The molecular weight excluding hydrogens is 827 g/mol. The molecule has 0 radical (unpaired) electrons. The predicted octanol–water partition coefficient (Wildman–Crippen LogP) is 5.33. The summed E-state index contributed by atoms with van der Waals surface area (Å²) in [5.74, 6) is -0.631. The molecule has 0 spiro atoms. The number of halogens is 3. The second kappa shape index (κ2) is 36.3. The Kier molecular flexibility index (Phi) is 31.2. The van der Waals surface area contributed by atoms with Crippen molar-refractivity contribution in [2.45, 2.75) is 31.7 Å². The highest BCUT2D eigenvalue weighted by atomic mass is 19.4. The Labute approximate surface area is 363 Å². The summed E-state index contributed by atoms with van der Waals surface area (Å²) in [6.45, 7) is 11.0. The van der Waals surface area contributed by atoms with Crippen LogP contribution in [0.2, 0.25) is 0 Å². The molecule has 1 N–H and O–H groups in total. The monoisotopic (exact) mass is 893 g/mol. The summed E-state index contributed by atoms with van der Waals surface area (Å²) in [7, 11) is 0. The first-order chi connectivity index (χ1) is 30.4. The van der Waals surface area contributed by atoms with E-state index in [1.54, 1.807) is 18.2 Å². The topological polar surface area (TPSA) is 158 Å². The number of hydrogen-bond donors (Lipinski definition) is 1. The van der Waals surface area contributed by atoms with Gasteiger partial charge in [-0.2, -0.15) is 13.2 Å². The lowest BCUT2D eigenvalue weighted by Crippen LogP contribution is -2.24. The number of carbonyl (C=O) groups excluding carboxylic acids is 1. The molecule has 1 heterocycles. The maximum Gasteiger partial charge on any atom is 0.416 e. The van der Waals surface area contributed by atoms with Crippen molar-refractivity contribution >= 4 is 17.3 Å². The highest BCUT2D eigenvalue weighted by Gasteiger charge is 2.30. The molecule has 1 aliphatic heterocycles. The summed E-state index contributed by atoms with van der Waals surface area (Å²) < 4.78 is 116. The summed E-state index contributed by atoms with van der Waals surface area (Å²) in [5, 5.41) is 2.86. The van der Waals surface area contributed by atoms with Crippen LogP contribution in [0.15, 0.2) is 48.5 Å². The molecule has 16 nitrogen and oxygen atoms in total. The number of benzene rings is 2. The maximum absolute atomic E-state index is 13.1. The molecule has 0 aromatic heterocycles. The third kappa shape index (κ3) is 27.9. The normalized spacial score (nSPS) is 14.3. The van der Waals surface area contributed by atoms with E-state index in [0.29, 0.717) is 151 Å². The van der Waals surface area contributed by atoms with Gasteiger partial charge in [-0.1, -0.05) is 18.2 Å². The van der Waals surface area contributed by atoms with E-state index < -0.39 is 17.7 Å². The SMILES string of the molecule is O=C(OCCOCCOCCOCCOCCOCCOCCOCCOCCOCCOCCOCCOC1CCCCO1)c1ccccc1Nc1cccc(C(F)(F)F)c1. The number of anilines is 2. The average molecular weight is 894 g/mol. The zero-order valence-corrected chi connectivity index (χ0v) is 35.8. The summed E-state index contributed by atoms with van der Waals surface area (Å²) >= 11 is 0. The first kappa shape index (κ1) is 53.3. The van der Waals surface area contributed by atoms with Gasteiger partial charge in [-0.15, -0.1) is 0 Å². The first-order valence-corrected chi connectivity index (χ1v) is 21.2. The largest absolute Gasteiger partial charge is 0.460 e. The van der Waals surface area contributed by atoms with Gasteiger partial charge in [0.15, 0.2) is 6.29 Å². The summed E-state index contributed by atoms with van der Waals surface area (Å²) in [6.07, 6.45) is -1.34. The average Bonchev–Trinajstić information content (AvgIpc) is 3.27. The van der Waals surface area contributed by atoms with Crippen LogP contribution in [0.5, 0.6) is 0 Å². The number of ether oxygens (including phenoxy) is 14. The van der Waals surface area contributed by atoms with Gasteiger partial charge in [0.2, 0.25) is 0 Å². The maximum atomic E-state index is 13.1. The van der Waals surface area contributed by atoms with Crippen LogP contribution in [0, 0.1) is 0 Å². The molecule has 1 fully saturated rings. The number of esters is 1. The van der Waals surface area contributed by atoms with Crippen LogP contribution in [-0.4, -0.2) is 177 Å². The Morgan fingerprint density at radius 1 is 0.532 bits per heavy atom. The van der Waals surface area contributed by atoms with E-state index in [4.69, 9.17) is 66.3 Å². The van der Waals surface area contributed by atoms with Crippen LogP contribution in [0.4, 0.5) is 24.5 Å². The van der Waals surface area contributed by atoms with Gasteiger partial charge in [-0.05, 0) is 49.6 Å². The van der Waals surface area contributed by atoms with Crippen molar-refractivity contribution in [3.8, 4) is 0 Å². The van der Waals surface area contributed by atoms with Gasteiger partial charge >= 0.3 is 12.1 Å². The van der Waals surface area contributed by atoms with E-state index in [1.807, 2.05) is 0 Å². The van der Waals surface area contributed by atoms with E-state index in [1.165, 1.54) is 18.2 Å². The molecule has 1 unspecified atom stereocenters. The molecular formula is C43H66F3NO15. The quantitative estimate of drug-likeness (QED) is 0.0676. The van der Waals surface area contributed by atoms with Gasteiger partial charge in [0, 0.05) is 12.3 Å². The fourth-order valence-corrected chi connectivity index (χ4v) is 5.35. The van der Waals surface area contributed by atoms with Crippen LogP contribution in [0.1, 0.15) is 35.2 Å². The second-order valence-electron chi connectivity index (χ2n) is 13.3. The van der Waals surface area contributed by atoms with E-state index >= 15 is 0 Å². The molecule has 1 atom stereocenters. The zero-order valence-electron chi connectivity index (χ0n) is 35.8. The van der Waals surface area contributed by atoms with Crippen LogP contribution < -0.4 is 5.32 Å². The Morgan fingerprint density at radius 2 is 0.952 bits per heavy atom. The van der Waals surface area contributed by atoms with Gasteiger partial charge in [0.05, 0.1) is 169 Å². The van der Waals surface area contributed by atoms with E-state index in [-0.39, 0.29) is 30.8 Å². The Balaban J connectivity index is 0.954. The summed E-state index contributed by atoms with van der Waals surface area (Å²) in [5.41, 5.74) is -0.0979. The number of alkyl halides is 3. The molecule has 3 rings (SSSR count). The lowest BCUT2D eigenvalue weighted by atomic mass is 10.1. The smallest absolute Gasteiger partial charge is 0.416 e. The summed E-state index contributed by atoms with van der Waals surface area (Å²) in [4.78, 5) is 12.6. The molecule has 19 heteroatoms. The lowest BCUT2D eigenvalue weighted by Gasteiger charge is -2.22. The molecule has 2 aromatic carbocycles. The van der Waals surface area contributed by atoms with E-state index in [2.05, 4.69) is 5.32 Å². The van der Waals surface area contributed by atoms with Crippen molar-refractivity contribution in [3.05, 3.63) is 59.7 Å². The van der Waals surface area contributed by atoms with Gasteiger partial charge in [0.25, 0.3) is 0 Å². The minimum atomic E-state index is -4.48. The van der Waals surface area contributed by atoms with Crippen molar-refractivity contribution in [1.82, 2.24) is 0 Å². The highest BCUT2D eigenvalue weighted by Crippen LogP contribution is 2.32. The number of carbonyl (C=O) groups is 1. The molecule has 1 aliphatic rings. The van der Waals surface area contributed by atoms with Crippen LogP contribution >= 0.6 is 0 Å².